The highest BCUT2D eigenvalue weighted by Crippen LogP contribution is 2.24. The Morgan fingerprint density at radius 1 is 1.62 bits per heavy atom. The largest absolute Gasteiger partial charge is 0.327 e. The van der Waals surface area contributed by atoms with Gasteiger partial charge in [0, 0.05) is 23.2 Å². The van der Waals surface area contributed by atoms with E-state index in [1.165, 1.54) is 6.20 Å². The predicted molar refractivity (Wildman–Crippen MR) is 62.3 cm³/mol. The first-order valence-corrected chi connectivity index (χ1v) is 5.33. The van der Waals surface area contributed by atoms with E-state index in [2.05, 4.69) is 4.98 Å². The number of pyridine rings is 1. The van der Waals surface area contributed by atoms with Crippen LogP contribution < -0.4 is 5.73 Å². The maximum atomic E-state index is 10.6. The summed E-state index contributed by atoms with van der Waals surface area (Å²) in [5.41, 5.74) is 7.38. The number of nitrogens with zero attached hydrogens (tertiary/aromatic N) is 2. The molecule has 88 valence electrons. The molecule has 1 aromatic heterocycles. The van der Waals surface area contributed by atoms with Gasteiger partial charge in [0.2, 0.25) is 0 Å². The first-order chi connectivity index (χ1) is 7.47. The molecule has 0 saturated carbocycles. The lowest BCUT2D eigenvalue weighted by Gasteiger charge is -2.18. The summed E-state index contributed by atoms with van der Waals surface area (Å²) in [7, 11) is 0. The summed E-state index contributed by atoms with van der Waals surface area (Å²) in [5, 5.41) is 10.6. The van der Waals surface area contributed by atoms with E-state index in [0.717, 1.165) is 12.1 Å². The first kappa shape index (κ1) is 12.6. The Labute approximate surface area is 94.8 Å². The predicted octanol–water partition coefficient (Wildman–Crippen LogP) is 2.14. The van der Waals surface area contributed by atoms with Crippen LogP contribution in [0.4, 0.5) is 5.69 Å². The van der Waals surface area contributed by atoms with Gasteiger partial charge in [0.1, 0.15) is 6.20 Å². The molecule has 0 spiro atoms. The number of hydrogen-bond donors (Lipinski definition) is 1. The van der Waals surface area contributed by atoms with Crippen molar-refractivity contribution in [1.82, 2.24) is 4.98 Å². The Bertz CT molecular complexity index is 391. The SMILES string of the molecule is CCC(c1cc(C)c([N+](=O)[O-])cn1)C(C)N. The van der Waals surface area contributed by atoms with Gasteiger partial charge in [-0.2, -0.15) is 0 Å². The molecule has 1 aromatic rings. The van der Waals surface area contributed by atoms with E-state index in [0.29, 0.717) is 5.56 Å². The second-order valence-electron chi connectivity index (χ2n) is 4.03. The van der Waals surface area contributed by atoms with Crippen molar-refractivity contribution in [2.45, 2.75) is 39.2 Å². The van der Waals surface area contributed by atoms with Crippen LogP contribution in [0.15, 0.2) is 12.3 Å². The maximum Gasteiger partial charge on any atom is 0.290 e. The Hall–Kier alpha value is -1.49. The van der Waals surface area contributed by atoms with E-state index in [-0.39, 0.29) is 17.6 Å². The molecule has 0 aliphatic heterocycles. The molecule has 0 saturated heterocycles. The van der Waals surface area contributed by atoms with Gasteiger partial charge in [-0.3, -0.25) is 15.1 Å². The van der Waals surface area contributed by atoms with Gasteiger partial charge in [0.15, 0.2) is 0 Å². The summed E-state index contributed by atoms with van der Waals surface area (Å²) in [6.07, 6.45) is 2.19. The third-order valence-electron chi connectivity index (χ3n) is 2.76. The van der Waals surface area contributed by atoms with Crippen molar-refractivity contribution in [2.24, 2.45) is 5.73 Å². The van der Waals surface area contributed by atoms with Crippen LogP contribution in [-0.4, -0.2) is 15.9 Å². The Morgan fingerprint density at radius 3 is 2.62 bits per heavy atom. The topological polar surface area (TPSA) is 82.0 Å². The molecule has 2 unspecified atom stereocenters. The molecule has 5 nitrogen and oxygen atoms in total. The number of nitrogens with two attached hydrogens (primary N) is 1. The van der Waals surface area contributed by atoms with Gasteiger partial charge in [-0.05, 0) is 26.3 Å². The van der Waals surface area contributed by atoms with Crippen LogP contribution in [0.3, 0.4) is 0 Å². The highest BCUT2D eigenvalue weighted by atomic mass is 16.6. The van der Waals surface area contributed by atoms with Crippen LogP contribution in [0.2, 0.25) is 0 Å². The van der Waals surface area contributed by atoms with E-state index in [1.54, 1.807) is 13.0 Å². The van der Waals surface area contributed by atoms with Crippen molar-refractivity contribution in [2.75, 3.05) is 0 Å². The fourth-order valence-corrected chi connectivity index (χ4v) is 1.81. The van der Waals surface area contributed by atoms with E-state index < -0.39 is 4.92 Å². The molecule has 0 radical (unpaired) electrons. The van der Waals surface area contributed by atoms with Gasteiger partial charge >= 0.3 is 0 Å². The molecule has 1 heterocycles. The number of rotatable bonds is 4. The molecule has 16 heavy (non-hydrogen) atoms. The number of aryl methyl sites for hydroxylation is 1. The zero-order chi connectivity index (χ0) is 12.3. The van der Waals surface area contributed by atoms with Crippen molar-refractivity contribution in [3.63, 3.8) is 0 Å². The van der Waals surface area contributed by atoms with E-state index in [4.69, 9.17) is 5.73 Å². The molecular formula is C11H17N3O2. The minimum Gasteiger partial charge on any atom is -0.327 e. The molecule has 0 fully saturated rings. The maximum absolute atomic E-state index is 10.6. The molecular weight excluding hydrogens is 206 g/mol. The third kappa shape index (κ3) is 2.55. The summed E-state index contributed by atoms with van der Waals surface area (Å²) in [5.74, 6) is 0.152. The summed E-state index contributed by atoms with van der Waals surface area (Å²) in [4.78, 5) is 14.4. The van der Waals surface area contributed by atoms with Crippen LogP contribution in [0, 0.1) is 17.0 Å². The average molecular weight is 223 g/mol. The van der Waals surface area contributed by atoms with Crippen molar-refractivity contribution in [3.8, 4) is 0 Å². The van der Waals surface area contributed by atoms with Crippen LogP contribution in [0.5, 0.6) is 0 Å². The first-order valence-electron chi connectivity index (χ1n) is 5.33. The average Bonchev–Trinajstić information content (AvgIpc) is 2.17. The third-order valence-corrected chi connectivity index (χ3v) is 2.76. The smallest absolute Gasteiger partial charge is 0.290 e. The lowest BCUT2D eigenvalue weighted by molar-refractivity contribution is -0.385. The highest BCUT2D eigenvalue weighted by molar-refractivity contribution is 5.38. The lowest BCUT2D eigenvalue weighted by atomic mass is 9.94. The fraction of sp³-hybridized carbons (Fsp3) is 0.545. The normalized spacial score (nSPS) is 14.5. The van der Waals surface area contributed by atoms with Gasteiger partial charge < -0.3 is 5.73 Å². The second-order valence-corrected chi connectivity index (χ2v) is 4.03. The van der Waals surface area contributed by atoms with Gasteiger partial charge in [-0.25, -0.2) is 0 Å². The molecule has 0 aliphatic rings. The van der Waals surface area contributed by atoms with Crippen LogP contribution in [0.1, 0.15) is 37.4 Å². The zero-order valence-electron chi connectivity index (χ0n) is 9.80. The van der Waals surface area contributed by atoms with E-state index in [1.807, 2.05) is 13.8 Å². The van der Waals surface area contributed by atoms with Crippen molar-refractivity contribution >= 4 is 5.69 Å². The molecule has 2 N–H and O–H groups in total. The Kier molecular flexibility index (Phi) is 3.95. The lowest BCUT2D eigenvalue weighted by Crippen LogP contribution is -2.25. The standard InChI is InChI=1S/C11H17N3O2/c1-4-9(8(3)12)10-5-7(2)11(6-13-10)14(15)16/h5-6,8-9H,4,12H2,1-3H3. The molecule has 0 bridgehead atoms. The quantitative estimate of drug-likeness (QED) is 0.626. The molecule has 5 heteroatoms. The molecule has 1 rings (SSSR count). The van der Waals surface area contributed by atoms with Gasteiger partial charge in [0.05, 0.1) is 4.92 Å². The van der Waals surface area contributed by atoms with E-state index >= 15 is 0 Å². The highest BCUT2D eigenvalue weighted by Gasteiger charge is 2.18. The summed E-state index contributed by atoms with van der Waals surface area (Å²) in [6.45, 7) is 5.68. The minimum atomic E-state index is -0.418. The second kappa shape index (κ2) is 5.03. The number of hydrogen-bond acceptors (Lipinski definition) is 4. The van der Waals surface area contributed by atoms with Gasteiger partial charge in [-0.15, -0.1) is 0 Å². The fourth-order valence-electron chi connectivity index (χ4n) is 1.81. The van der Waals surface area contributed by atoms with Crippen LogP contribution >= 0.6 is 0 Å². The Morgan fingerprint density at radius 2 is 2.25 bits per heavy atom. The summed E-state index contributed by atoms with van der Waals surface area (Å²) >= 11 is 0. The molecule has 0 aliphatic carbocycles. The van der Waals surface area contributed by atoms with Gasteiger partial charge in [-0.1, -0.05) is 6.92 Å². The monoisotopic (exact) mass is 223 g/mol. The Balaban J connectivity index is 3.09. The minimum absolute atomic E-state index is 0.00152. The summed E-state index contributed by atoms with van der Waals surface area (Å²) < 4.78 is 0. The molecule has 0 aromatic carbocycles. The number of nitro groups is 1. The van der Waals surface area contributed by atoms with Crippen LogP contribution in [0.25, 0.3) is 0 Å². The van der Waals surface area contributed by atoms with Crippen LogP contribution in [-0.2, 0) is 0 Å². The van der Waals surface area contributed by atoms with Gasteiger partial charge in [0.25, 0.3) is 5.69 Å². The molecule has 2 atom stereocenters. The summed E-state index contributed by atoms with van der Waals surface area (Å²) in [6, 6.07) is 1.76. The molecule has 0 amide bonds. The van der Waals surface area contributed by atoms with Crippen molar-refractivity contribution in [3.05, 3.63) is 33.6 Å². The van der Waals surface area contributed by atoms with E-state index in [9.17, 15) is 10.1 Å². The zero-order valence-corrected chi connectivity index (χ0v) is 9.80. The number of aromatic nitrogens is 1. The van der Waals surface area contributed by atoms with Crippen molar-refractivity contribution < 1.29 is 4.92 Å². The van der Waals surface area contributed by atoms with Crippen molar-refractivity contribution in [1.29, 1.82) is 0 Å².